The van der Waals surface area contributed by atoms with Crippen LogP contribution in [0, 0.1) is 12.7 Å². The van der Waals surface area contributed by atoms with Crippen LogP contribution in [0.15, 0.2) is 60.7 Å². The number of aliphatic carboxylic acids is 1. The largest absolute Gasteiger partial charge is 0.497 e. The van der Waals surface area contributed by atoms with E-state index in [-0.39, 0.29) is 23.4 Å². The molecular weight excluding hydrogens is 387 g/mol. The number of nitrogens with zero attached hydrogens (tertiary/aromatic N) is 1. The minimum Gasteiger partial charge on any atom is -0.497 e. The van der Waals surface area contributed by atoms with Gasteiger partial charge in [-0.2, -0.15) is 0 Å². The van der Waals surface area contributed by atoms with E-state index in [2.05, 4.69) is 10.3 Å². The molecule has 0 radical (unpaired) electrons. The summed E-state index contributed by atoms with van der Waals surface area (Å²) < 4.78 is 19.4. The fourth-order valence-electron chi connectivity index (χ4n) is 3.16. The van der Waals surface area contributed by atoms with Gasteiger partial charge in [-0.3, -0.25) is 9.59 Å². The lowest BCUT2D eigenvalue weighted by molar-refractivity contribution is -0.137. The van der Waals surface area contributed by atoms with Gasteiger partial charge in [0, 0.05) is 5.56 Å². The molecule has 154 valence electrons. The van der Waals surface area contributed by atoms with Gasteiger partial charge in [0.2, 0.25) is 0 Å². The van der Waals surface area contributed by atoms with Crippen molar-refractivity contribution in [2.45, 2.75) is 19.4 Å². The molecule has 0 aliphatic carbocycles. The molecule has 1 heterocycles. The van der Waals surface area contributed by atoms with Crippen molar-refractivity contribution in [1.82, 2.24) is 10.3 Å². The van der Waals surface area contributed by atoms with E-state index in [9.17, 15) is 19.1 Å². The van der Waals surface area contributed by atoms with Crippen molar-refractivity contribution in [3.05, 3.63) is 83.3 Å². The fourth-order valence-corrected chi connectivity index (χ4v) is 3.16. The average Bonchev–Trinajstić information content (AvgIpc) is 2.73. The van der Waals surface area contributed by atoms with Gasteiger partial charge in [-0.1, -0.05) is 30.3 Å². The van der Waals surface area contributed by atoms with E-state index < -0.39 is 23.7 Å². The van der Waals surface area contributed by atoms with Gasteiger partial charge in [0.1, 0.15) is 17.3 Å². The first-order chi connectivity index (χ1) is 14.4. The van der Waals surface area contributed by atoms with E-state index in [0.29, 0.717) is 11.3 Å². The van der Waals surface area contributed by atoms with Crippen LogP contribution in [-0.2, 0) is 4.79 Å². The summed E-state index contributed by atoms with van der Waals surface area (Å²) in [4.78, 5) is 28.4. The van der Waals surface area contributed by atoms with E-state index >= 15 is 0 Å². The topological polar surface area (TPSA) is 88.5 Å². The van der Waals surface area contributed by atoms with Gasteiger partial charge in [0.15, 0.2) is 0 Å². The van der Waals surface area contributed by atoms with Crippen molar-refractivity contribution in [2.75, 3.05) is 7.11 Å². The highest BCUT2D eigenvalue weighted by Gasteiger charge is 2.21. The summed E-state index contributed by atoms with van der Waals surface area (Å²) in [6.07, 6.45) is -0.277. The number of methoxy groups -OCH3 is 1. The number of halogens is 1. The molecule has 0 unspecified atom stereocenters. The standard InChI is InChI=1S/C23H21FN2O4/c1-14-6-3-4-7-16(14)21(13-22(27)28)26-23(29)20-9-5-8-19(25-20)17-12-15(30-2)10-11-18(17)24/h3-12,21H,13H2,1-2H3,(H,26,29)(H,27,28)/t21-/m0/s1. The number of aromatic nitrogens is 1. The Kier molecular flexibility index (Phi) is 6.41. The maximum atomic E-state index is 14.3. The van der Waals surface area contributed by atoms with Crippen LogP contribution < -0.4 is 10.1 Å². The quantitative estimate of drug-likeness (QED) is 0.613. The fraction of sp³-hybridized carbons (Fsp3) is 0.174. The molecule has 3 aromatic rings. The number of rotatable bonds is 7. The van der Waals surface area contributed by atoms with Crippen LogP contribution in [-0.4, -0.2) is 29.1 Å². The Morgan fingerprint density at radius 3 is 2.60 bits per heavy atom. The minimum atomic E-state index is -1.04. The lowest BCUT2D eigenvalue weighted by Crippen LogP contribution is -2.31. The zero-order valence-electron chi connectivity index (χ0n) is 16.6. The highest BCUT2D eigenvalue weighted by atomic mass is 19.1. The number of carbonyl (C=O) groups is 2. The van der Waals surface area contributed by atoms with Crippen LogP contribution in [0.3, 0.4) is 0 Å². The highest BCUT2D eigenvalue weighted by molar-refractivity contribution is 5.93. The summed E-state index contributed by atoms with van der Waals surface area (Å²) in [6, 6.07) is 15.5. The maximum absolute atomic E-state index is 14.3. The molecule has 0 spiro atoms. The molecule has 7 heteroatoms. The zero-order valence-corrected chi connectivity index (χ0v) is 16.6. The smallest absolute Gasteiger partial charge is 0.305 e. The number of nitrogens with one attached hydrogen (secondary N) is 1. The monoisotopic (exact) mass is 408 g/mol. The lowest BCUT2D eigenvalue weighted by Gasteiger charge is -2.19. The molecule has 2 aromatic carbocycles. The summed E-state index contributed by atoms with van der Waals surface area (Å²) in [5.41, 5.74) is 2.10. The number of carboxylic acids is 1. The Labute approximate surface area is 173 Å². The number of benzene rings is 2. The first-order valence-corrected chi connectivity index (χ1v) is 9.28. The molecule has 0 aliphatic rings. The maximum Gasteiger partial charge on any atom is 0.305 e. The Morgan fingerprint density at radius 2 is 1.90 bits per heavy atom. The van der Waals surface area contributed by atoms with Gasteiger partial charge in [-0.25, -0.2) is 9.37 Å². The Hall–Kier alpha value is -3.74. The second kappa shape index (κ2) is 9.17. The number of aryl methyl sites for hydroxylation is 1. The van der Waals surface area contributed by atoms with Crippen LogP contribution in [0.4, 0.5) is 4.39 Å². The number of amides is 1. The number of pyridine rings is 1. The highest BCUT2D eigenvalue weighted by Crippen LogP contribution is 2.26. The molecular formula is C23H21FN2O4. The van der Waals surface area contributed by atoms with Gasteiger partial charge in [0.05, 0.1) is 25.3 Å². The lowest BCUT2D eigenvalue weighted by atomic mass is 9.98. The molecule has 3 rings (SSSR count). The van der Waals surface area contributed by atoms with Gasteiger partial charge in [-0.15, -0.1) is 0 Å². The second-order valence-electron chi connectivity index (χ2n) is 6.73. The number of hydrogen-bond donors (Lipinski definition) is 2. The third-order valence-electron chi connectivity index (χ3n) is 4.68. The number of hydrogen-bond acceptors (Lipinski definition) is 4. The van der Waals surface area contributed by atoms with Crippen molar-refractivity contribution in [3.8, 4) is 17.0 Å². The summed E-state index contributed by atoms with van der Waals surface area (Å²) in [6.45, 7) is 1.85. The van der Waals surface area contributed by atoms with Crippen molar-refractivity contribution in [1.29, 1.82) is 0 Å². The van der Waals surface area contributed by atoms with Crippen LogP contribution >= 0.6 is 0 Å². The zero-order chi connectivity index (χ0) is 21.7. The summed E-state index contributed by atoms with van der Waals surface area (Å²) in [5, 5.41) is 12.0. The van der Waals surface area contributed by atoms with Crippen LogP contribution in [0.25, 0.3) is 11.3 Å². The molecule has 1 atom stereocenters. The van der Waals surface area contributed by atoms with Gasteiger partial charge in [-0.05, 0) is 48.4 Å². The van der Waals surface area contributed by atoms with E-state index in [4.69, 9.17) is 4.74 Å². The van der Waals surface area contributed by atoms with Crippen LogP contribution in [0.2, 0.25) is 0 Å². The molecule has 0 aliphatic heterocycles. The predicted octanol–water partition coefficient (Wildman–Crippen LogP) is 4.15. The molecule has 1 amide bonds. The van der Waals surface area contributed by atoms with Gasteiger partial charge < -0.3 is 15.2 Å². The number of carbonyl (C=O) groups excluding carboxylic acids is 1. The third kappa shape index (κ3) is 4.81. The number of carboxylic acid groups (broad SMARTS) is 1. The molecule has 0 bridgehead atoms. The first-order valence-electron chi connectivity index (χ1n) is 9.28. The summed E-state index contributed by atoms with van der Waals surface area (Å²) >= 11 is 0. The molecule has 6 nitrogen and oxygen atoms in total. The normalized spacial score (nSPS) is 11.6. The van der Waals surface area contributed by atoms with Crippen molar-refractivity contribution in [3.63, 3.8) is 0 Å². The Morgan fingerprint density at radius 1 is 1.13 bits per heavy atom. The molecule has 1 aromatic heterocycles. The van der Waals surface area contributed by atoms with Crippen LogP contribution in [0.5, 0.6) is 5.75 Å². The summed E-state index contributed by atoms with van der Waals surface area (Å²) in [7, 11) is 1.47. The first kappa shape index (κ1) is 21.0. The Balaban J connectivity index is 1.90. The van der Waals surface area contributed by atoms with E-state index in [0.717, 1.165) is 5.56 Å². The van der Waals surface area contributed by atoms with E-state index in [1.165, 1.54) is 31.4 Å². The SMILES string of the molecule is COc1ccc(F)c(-c2cccc(C(=O)N[C@@H](CC(=O)O)c3ccccc3C)n2)c1. The van der Waals surface area contributed by atoms with E-state index in [1.54, 1.807) is 24.3 Å². The van der Waals surface area contributed by atoms with Crippen molar-refractivity contribution in [2.24, 2.45) is 0 Å². The average molecular weight is 408 g/mol. The second-order valence-corrected chi connectivity index (χ2v) is 6.73. The third-order valence-corrected chi connectivity index (χ3v) is 4.68. The molecule has 0 saturated carbocycles. The molecule has 2 N–H and O–H groups in total. The van der Waals surface area contributed by atoms with Crippen molar-refractivity contribution < 1.29 is 23.8 Å². The van der Waals surface area contributed by atoms with E-state index in [1.807, 2.05) is 19.1 Å². The van der Waals surface area contributed by atoms with Crippen molar-refractivity contribution >= 4 is 11.9 Å². The number of ether oxygens (including phenoxy) is 1. The van der Waals surface area contributed by atoms with Gasteiger partial charge in [0.25, 0.3) is 5.91 Å². The molecule has 0 saturated heterocycles. The van der Waals surface area contributed by atoms with Crippen LogP contribution in [0.1, 0.15) is 34.1 Å². The molecule has 0 fully saturated rings. The van der Waals surface area contributed by atoms with Gasteiger partial charge >= 0.3 is 5.97 Å². The summed E-state index contributed by atoms with van der Waals surface area (Å²) in [5.74, 6) is -1.62. The minimum absolute atomic E-state index is 0.0543. The molecule has 30 heavy (non-hydrogen) atoms. The predicted molar refractivity (Wildman–Crippen MR) is 110 cm³/mol. The Bertz CT molecular complexity index is 1080.